The van der Waals surface area contributed by atoms with E-state index in [0.29, 0.717) is 5.13 Å². The Bertz CT molecular complexity index is 1530. The van der Waals surface area contributed by atoms with Crippen LogP contribution >= 0.6 is 11.5 Å². The van der Waals surface area contributed by atoms with Crippen LogP contribution in [-0.2, 0) is 29.4 Å². The van der Waals surface area contributed by atoms with Crippen molar-refractivity contribution >= 4 is 40.4 Å². The summed E-state index contributed by atoms with van der Waals surface area (Å²) in [6, 6.07) is 28.1. The molecule has 1 amide bonds. The predicted octanol–water partition coefficient (Wildman–Crippen LogP) is 4.81. The lowest BCUT2D eigenvalue weighted by molar-refractivity contribution is -0.144. The van der Waals surface area contributed by atoms with Crippen LogP contribution in [0.5, 0.6) is 0 Å². The number of hydrogen-bond donors (Lipinski definition) is 3. The first-order valence-electron chi connectivity index (χ1n) is 13.8. The minimum absolute atomic E-state index is 0.215. The molecule has 0 fully saturated rings. The Morgan fingerprint density at radius 2 is 1.40 bits per heavy atom. The van der Waals surface area contributed by atoms with E-state index in [9.17, 15) is 19.5 Å². The van der Waals surface area contributed by atoms with Crippen LogP contribution in [0.15, 0.2) is 96.2 Å². The second-order valence-electron chi connectivity index (χ2n) is 10.7. The van der Waals surface area contributed by atoms with Gasteiger partial charge in [0.25, 0.3) is 0 Å². The molecule has 13 heteroatoms. The molecule has 234 valence electrons. The summed E-state index contributed by atoms with van der Waals surface area (Å²) in [7, 11) is 1.13. The Labute approximate surface area is 264 Å². The fourth-order valence-electron chi connectivity index (χ4n) is 4.42. The number of hydrogen-bond acceptors (Lipinski definition) is 11. The number of esters is 1. The maximum Gasteiger partial charge on any atom is 0.408 e. The number of carbonyl (C=O) groups excluding carboxylic acids is 2. The average molecular weight is 632 g/mol. The van der Waals surface area contributed by atoms with E-state index in [4.69, 9.17) is 14.3 Å². The van der Waals surface area contributed by atoms with Gasteiger partial charge in [-0.15, -0.1) is 0 Å². The highest BCUT2D eigenvalue weighted by atomic mass is 32.1. The van der Waals surface area contributed by atoms with Gasteiger partial charge in [0.05, 0.1) is 7.11 Å². The Hall–Kier alpha value is -5.30. The van der Waals surface area contributed by atoms with Crippen LogP contribution in [0.25, 0.3) is 0 Å². The second-order valence-corrected chi connectivity index (χ2v) is 11.4. The fraction of sp³-hybridized carbons (Fsp3) is 0.250. The largest absolute Gasteiger partial charge is 0.476 e. The van der Waals surface area contributed by atoms with Crippen molar-refractivity contribution in [2.45, 2.75) is 38.0 Å². The van der Waals surface area contributed by atoms with Gasteiger partial charge in [-0.05, 0) is 37.5 Å². The molecule has 45 heavy (non-hydrogen) atoms. The molecule has 12 nitrogen and oxygen atoms in total. The molecule has 0 aliphatic rings. The van der Waals surface area contributed by atoms with Gasteiger partial charge in [0, 0.05) is 11.5 Å². The molecule has 0 radical (unpaired) electrons. The van der Waals surface area contributed by atoms with Crippen molar-refractivity contribution < 1.29 is 33.8 Å². The first-order chi connectivity index (χ1) is 21.5. The molecule has 3 aromatic carbocycles. The molecule has 0 spiro atoms. The summed E-state index contributed by atoms with van der Waals surface area (Å²) in [4.78, 5) is 46.2. The summed E-state index contributed by atoms with van der Waals surface area (Å²) in [5, 5.41) is 19.8. The van der Waals surface area contributed by atoms with Crippen LogP contribution < -0.4 is 10.6 Å². The van der Waals surface area contributed by atoms with Gasteiger partial charge in [0.1, 0.15) is 17.7 Å². The topological polar surface area (TPSA) is 161 Å². The number of nitrogens with zero attached hydrogens (tertiary/aromatic N) is 3. The van der Waals surface area contributed by atoms with Crippen LogP contribution in [0, 0.1) is 0 Å². The lowest BCUT2D eigenvalue weighted by atomic mass is 9.77. The van der Waals surface area contributed by atoms with Crippen molar-refractivity contribution in [2.24, 2.45) is 5.16 Å². The lowest BCUT2D eigenvalue weighted by Crippen LogP contribution is -2.46. The Balaban J connectivity index is 1.64. The Kier molecular flexibility index (Phi) is 10.5. The maximum atomic E-state index is 12.2. The number of carbonyl (C=O) groups is 3. The minimum Gasteiger partial charge on any atom is -0.476 e. The quantitative estimate of drug-likeness (QED) is 0.0856. The number of anilines is 1. The number of benzene rings is 3. The van der Waals surface area contributed by atoms with Crippen LogP contribution in [0.4, 0.5) is 9.93 Å². The monoisotopic (exact) mass is 631 g/mol. The van der Waals surface area contributed by atoms with Gasteiger partial charge >= 0.3 is 18.0 Å². The third-order valence-corrected chi connectivity index (χ3v) is 6.96. The second kappa shape index (κ2) is 14.4. The van der Waals surface area contributed by atoms with Crippen LogP contribution in [0.3, 0.4) is 0 Å². The first-order valence-corrected chi connectivity index (χ1v) is 14.6. The smallest absolute Gasteiger partial charge is 0.408 e. The molecule has 0 aliphatic heterocycles. The number of carboxylic acids is 1. The van der Waals surface area contributed by atoms with Gasteiger partial charge in [0.2, 0.25) is 16.7 Å². The standard InChI is InChI=1S/C32H33N5O7S/c1-31(2,3)44-30(41)33-24(28(40)42-4)20-43-36-25(27(38)39)26-34-29(45-37-26)35-32(21-14-8-5-9-15-21,22-16-10-6-11-17-22)23-18-12-7-13-19-23/h5-19,24H,20H2,1-4H3,(H,33,41)(H,38,39)(H,34,35,37)/t24-/m1/s1. The number of methoxy groups -OCH3 is 1. The summed E-state index contributed by atoms with van der Waals surface area (Å²) < 4.78 is 14.1. The van der Waals surface area contributed by atoms with Gasteiger partial charge < -0.3 is 30.1 Å². The van der Waals surface area contributed by atoms with Gasteiger partial charge in [0.15, 0.2) is 6.04 Å². The van der Waals surface area contributed by atoms with Crippen LogP contribution in [-0.4, -0.2) is 63.6 Å². The third kappa shape index (κ3) is 8.21. The van der Waals surface area contributed by atoms with Crippen LogP contribution in [0.1, 0.15) is 43.3 Å². The van der Waals surface area contributed by atoms with E-state index in [-0.39, 0.29) is 5.82 Å². The van der Waals surface area contributed by atoms with Crippen molar-refractivity contribution in [3.8, 4) is 0 Å². The predicted molar refractivity (Wildman–Crippen MR) is 168 cm³/mol. The molecule has 0 saturated carbocycles. The van der Waals surface area contributed by atoms with E-state index in [0.717, 1.165) is 35.3 Å². The highest BCUT2D eigenvalue weighted by Gasteiger charge is 2.37. The number of oxime groups is 1. The SMILES string of the molecule is COC(=O)[C@@H](CON=C(C(=O)O)c1nsc(NC(c2ccccc2)(c2ccccc2)c2ccccc2)n1)NC(=O)OC(C)(C)C. The Morgan fingerprint density at radius 3 is 1.84 bits per heavy atom. The zero-order valence-corrected chi connectivity index (χ0v) is 25.9. The van der Waals surface area contributed by atoms with Crippen molar-refractivity contribution in [3.05, 3.63) is 114 Å². The molecule has 0 unspecified atom stereocenters. The van der Waals surface area contributed by atoms with E-state index >= 15 is 0 Å². The summed E-state index contributed by atoms with van der Waals surface area (Å²) in [5.41, 5.74) is 0.410. The fourth-order valence-corrected chi connectivity index (χ4v) is 5.05. The molecule has 0 aliphatic carbocycles. The number of aromatic nitrogens is 2. The number of carboxylic acid groups (broad SMARTS) is 1. The molecule has 3 N–H and O–H groups in total. The van der Waals surface area contributed by atoms with Gasteiger partial charge in [-0.1, -0.05) is 96.2 Å². The maximum absolute atomic E-state index is 12.2. The molecule has 1 aromatic heterocycles. The summed E-state index contributed by atoms with van der Waals surface area (Å²) >= 11 is 0.948. The zero-order chi connectivity index (χ0) is 32.5. The molecule has 0 bridgehead atoms. The lowest BCUT2D eigenvalue weighted by Gasteiger charge is -2.36. The molecule has 4 aromatic rings. The molecule has 0 saturated heterocycles. The van der Waals surface area contributed by atoms with Crippen LogP contribution in [0.2, 0.25) is 0 Å². The highest BCUT2D eigenvalue weighted by Crippen LogP contribution is 2.40. The zero-order valence-electron chi connectivity index (χ0n) is 25.1. The van der Waals surface area contributed by atoms with Gasteiger partial charge in [-0.2, -0.15) is 9.36 Å². The highest BCUT2D eigenvalue weighted by molar-refractivity contribution is 7.09. The van der Waals surface area contributed by atoms with E-state index in [2.05, 4.69) is 25.1 Å². The number of nitrogens with one attached hydrogen (secondary N) is 2. The number of ether oxygens (including phenoxy) is 2. The summed E-state index contributed by atoms with van der Waals surface area (Å²) in [5.74, 6) is -2.52. The molecular weight excluding hydrogens is 598 g/mol. The normalized spacial score (nSPS) is 12.5. The molecule has 4 rings (SSSR count). The van der Waals surface area contributed by atoms with Gasteiger partial charge in [-0.3, -0.25) is 0 Å². The van der Waals surface area contributed by atoms with E-state index in [1.165, 1.54) is 0 Å². The number of aliphatic carboxylic acids is 1. The van der Waals surface area contributed by atoms with Crippen molar-refractivity contribution in [2.75, 3.05) is 19.0 Å². The third-order valence-electron chi connectivity index (χ3n) is 6.33. The molecule has 1 heterocycles. The number of amides is 1. The van der Waals surface area contributed by atoms with Crippen molar-refractivity contribution in [1.82, 2.24) is 14.7 Å². The van der Waals surface area contributed by atoms with E-state index in [1.807, 2.05) is 91.0 Å². The average Bonchev–Trinajstić information content (AvgIpc) is 3.49. The Morgan fingerprint density at radius 1 is 0.889 bits per heavy atom. The summed E-state index contributed by atoms with van der Waals surface area (Å²) in [6.07, 6.45) is -0.889. The number of alkyl carbamates (subject to hydrolysis) is 1. The number of rotatable bonds is 12. The summed E-state index contributed by atoms with van der Waals surface area (Å²) in [6.45, 7) is 4.44. The first kappa shape index (κ1) is 32.6. The van der Waals surface area contributed by atoms with Gasteiger partial charge in [-0.25, -0.2) is 14.4 Å². The van der Waals surface area contributed by atoms with E-state index in [1.54, 1.807) is 20.8 Å². The minimum atomic E-state index is -1.46. The van der Waals surface area contributed by atoms with Crippen molar-refractivity contribution in [1.29, 1.82) is 0 Å². The molecule has 1 atom stereocenters. The van der Waals surface area contributed by atoms with E-state index < -0.39 is 47.5 Å². The van der Waals surface area contributed by atoms with Crippen molar-refractivity contribution in [3.63, 3.8) is 0 Å². The molecular formula is C32H33N5O7S.